The van der Waals surface area contributed by atoms with Gasteiger partial charge >= 0.3 is 0 Å². The Bertz CT molecular complexity index is 149. The molecule has 3 atom stereocenters. The van der Waals surface area contributed by atoms with E-state index in [0.717, 1.165) is 6.54 Å². The van der Waals surface area contributed by atoms with Gasteiger partial charge in [0.15, 0.2) is 0 Å². The molecule has 0 saturated carbocycles. The summed E-state index contributed by atoms with van der Waals surface area (Å²) in [5.74, 6) is 0. The highest BCUT2D eigenvalue weighted by atomic mass is 19.1. The second-order valence-electron chi connectivity index (χ2n) is 4.04. The van der Waals surface area contributed by atoms with Crippen LogP contribution >= 0.6 is 0 Å². The lowest BCUT2D eigenvalue weighted by atomic mass is 9.97. The van der Waals surface area contributed by atoms with E-state index in [1.807, 2.05) is 6.92 Å². The first-order chi connectivity index (χ1) is 5.52. The van der Waals surface area contributed by atoms with Crippen LogP contribution in [-0.4, -0.2) is 35.7 Å². The minimum Gasteiger partial charge on any atom is -0.326 e. The van der Waals surface area contributed by atoms with Crippen LogP contribution in [-0.2, 0) is 0 Å². The van der Waals surface area contributed by atoms with Gasteiger partial charge in [0.2, 0.25) is 0 Å². The molecule has 0 radical (unpaired) electrons. The van der Waals surface area contributed by atoms with Crippen molar-refractivity contribution in [2.75, 3.05) is 6.54 Å². The average molecular weight is 174 g/mol. The molecule has 0 aromatic carbocycles. The molecule has 0 aromatic rings. The standard InChI is InChI=1S/C9H19FN2/c1-6(2)12-5-8(11)4-9(10)7(12)3/h6-9H,4-5,11H2,1-3H3. The number of halogens is 1. The molecule has 72 valence electrons. The summed E-state index contributed by atoms with van der Waals surface area (Å²) in [4.78, 5) is 2.14. The molecule has 2 N–H and O–H groups in total. The number of nitrogens with zero attached hydrogens (tertiary/aromatic N) is 1. The molecule has 1 fully saturated rings. The van der Waals surface area contributed by atoms with E-state index in [1.165, 1.54) is 0 Å². The van der Waals surface area contributed by atoms with Crippen molar-refractivity contribution >= 4 is 0 Å². The van der Waals surface area contributed by atoms with Gasteiger partial charge in [0, 0.05) is 24.7 Å². The molecule has 1 heterocycles. The Labute approximate surface area is 73.9 Å². The van der Waals surface area contributed by atoms with E-state index in [2.05, 4.69) is 18.7 Å². The molecule has 1 saturated heterocycles. The molecular formula is C9H19FN2. The number of rotatable bonds is 1. The zero-order valence-electron chi connectivity index (χ0n) is 8.13. The van der Waals surface area contributed by atoms with Crippen LogP contribution in [0.15, 0.2) is 0 Å². The summed E-state index contributed by atoms with van der Waals surface area (Å²) in [6.45, 7) is 6.94. The topological polar surface area (TPSA) is 29.3 Å². The third-order valence-corrected chi connectivity index (χ3v) is 2.68. The van der Waals surface area contributed by atoms with Crippen molar-refractivity contribution in [3.63, 3.8) is 0 Å². The largest absolute Gasteiger partial charge is 0.326 e. The van der Waals surface area contributed by atoms with Gasteiger partial charge in [-0.2, -0.15) is 0 Å². The lowest BCUT2D eigenvalue weighted by Crippen LogP contribution is -2.55. The van der Waals surface area contributed by atoms with Crippen LogP contribution in [0.25, 0.3) is 0 Å². The monoisotopic (exact) mass is 174 g/mol. The van der Waals surface area contributed by atoms with Gasteiger partial charge < -0.3 is 5.73 Å². The van der Waals surface area contributed by atoms with Crippen molar-refractivity contribution in [3.05, 3.63) is 0 Å². The molecule has 3 unspecified atom stereocenters. The van der Waals surface area contributed by atoms with Gasteiger partial charge in [-0.15, -0.1) is 0 Å². The van der Waals surface area contributed by atoms with Crippen LogP contribution < -0.4 is 5.73 Å². The summed E-state index contributed by atoms with van der Waals surface area (Å²) >= 11 is 0. The fourth-order valence-electron chi connectivity index (χ4n) is 1.89. The van der Waals surface area contributed by atoms with E-state index in [0.29, 0.717) is 12.5 Å². The first-order valence-electron chi connectivity index (χ1n) is 4.67. The van der Waals surface area contributed by atoms with E-state index in [-0.39, 0.29) is 12.1 Å². The van der Waals surface area contributed by atoms with Gasteiger partial charge in [-0.1, -0.05) is 0 Å². The Morgan fingerprint density at radius 1 is 1.50 bits per heavy atom. The summed E-state index contributed by atoms with van der Waals surface area (Å²) in [6.07, 6.45) is -0.235. The van der Waals surface area contributed by atoms with Crippen molar-refractivity contribution < 1.29 is 4.39 Å². The summed E-state index contributed by atoms with van der Waals surface area (Å²) < 4.78 is 13.3. The molecule has 1 aliphatic heterocycles. The van der Waals surface area contributed by atoms with Crippen LogP contribution in [0, 0.1) is 0 Å². The van der Waals surface area contributed by atoms with Crippen molar-refractivity contribution in [1.82, 2.24) is 4.90 Å². The maximum Gasteiger partial charge on any atom is 0.117 e. The highest BCUT2D eigenvalue weighted by Gasteiger charge is 2.32. The quantitative estimate of drug-likeness (QED) is 0.646. The Balaban J connectivity index is 2.60. The fraction of sp³-hybridized carbons (Fsp3) is 1.00. The van der Waals surface area contributed by atoms with Gasteiger partial charge in [0.05, 0.1) is 0 Å². The zero-order chi connectivity index (χ0) is 9.30. The third kappa shape index (κ3) is 1.96. The molecule has 0 amide bonds. The SMILES string of the molecule is CC(C)N1CC(N)CC(F)C1C. The van der Waals surface area contributed by atoms with Crippen LogP contribution in [0.4, 0.5) is 4.39 Å². The van der Waals surface area contributed by atoms with Crippen LogP contribution in [0.1, 0.15) is 27.2 Å². The van der Waals surface area contributed by atoms with Crippen LogP contribution in [0.3, 0.4) is 0 Å². The Hall–Kier alpha value is -0.150. The smallest absolute Gasteiger partial charge is 0.117 e. The molecule has 2 nitrogen and oxygen atoms in total. The van der Waals surface area contributed by atoms with Crippen molar-refractivity contribution in [3.8, 4) is 0 Å². The average Bonchev–Trinajstić information content (AvgIpc) is 1.96. The molecule has 0 aromatic heterocycles. The first-order valence-corrected chi connectivity index (χ1v) is 4.67. The normalized spacial score (nSPS) is 39.0. The zero-order valence-corrected chi connectivity index (χ0v) is 8.13. The molecule has 0 bridgehead atoms. The maximum atomic E-state index is 13.3. The van der Waals surface area contributed by atoms with Crippen LogP contribution in [0.5, 0.6) is 0 Å². The minimum atomic E-state index is -0.754. The van der Waals surface area contributed by atoms with E-state index in [9.17, 15) is 4.39 Å². The highest BCUT2D eigenvalue weighted by Crippen LogP contribution is 2.21. The molecule has 3 heteroatoms. The summed E-state index contributed by atoms with van der Waals surface area (Å²) in [7, 11) is 0. The summed E-state index contributed by atoms with van der Waals surface area (Å²) in [5.41, 5.74) is 5.73. The lowest BCUT2D eigenvalue weighted by Gasteiger charge is -2.41. The van der Waals surface area contributed by atoms with Crippen LogP contribution in [0.2, 0.25) is 0 Å². The minimum absolute atomic E-state index is 0.0126. The van der Waals surface area contributed by atoms with E-state index in [4.69, 9.17) is 5.73 Å². The number of nitrogens with two attached hydrogens (primary N) is 1. The lowest BCUT2D eigenvalue weighted by molar-refractivity contribution is 0.0421. The first kappa shape index (κ1) is 9.93. The van der Waals surface area contributed by atoms with E-state index < -0.39 is 6.17 Å². The van der Waals surface area contributed by atoms with Gasteiger partial charge in [0.25, 0.3) is 0 Å². The van der Waals surface area contributed by atoms with E-state index >= 15 is 0 Å². The molecule has 1 rings (SSSR count). The number of hydrogen-bond acceptors (Lipinski definition) is 2. The molecular weight excluding hydrogens is 155 g/mol. The fourth-order valence-corrected chi connectivity index (χ4v) is 1.89. The Morgan fingerprint density at radius 3 is 2.58 bits per heavy atom. The molecule has 0 aliphatic carbocycles. The predicted octanol–water partition coefficient (Wildman–Crippen LogP) is 1.15. The predicted molar refractivity (Wildman–Crippen MR) is 48.8 cm³/mol. The number of hydrogen-bond donors (Lipinski definition) is 1. The van der Waals surface area contributed by atoms with Crippen molar-refractivity contribution in [2.24, 2.45) is 5.73 Å². The Kier molecular flexibility index (Phi) is 3.07. The van der Waals surface area contributed by atoms with Gasteiger partial charge in [-0.3, -0.25) is 4.90 Å². The second kappa shape index (κ2) is 3.71. The molecule has 1 aliphatic rings. The Morgan fingerprint density at radius 2 is 2.08 bits per heavy atom. The van der Waals surface area contributed by atoms with E-state index in [1.54, 1.807) is 0 Å². The number of likely N-dealkylation sites (tertiary alicyclic amines) is 1. The van der Waals surface area contributed by atoms with Gasteiger partial charge in [-0.25, -0.2) is 4.39 Å². The van der Waals surface area contributed by atoms with Gasteiger partial charge in [0.1, 0.15) is 6.17 Å². The summed E-state index contributed by atoms with van der Waals surface area (Å²) in [5, 5.41) is 0. The van der Waals surface area contributed by atoms with Crippen molar-refractivity contribution in [1.29, 1.82) is 0 Å². The second-order valence-corrected chi connectivity index (χ2v) is 4.04. The molecule has 0 spiro atoms. The maximum absolute atomic E-state index is 13.3. The highest BCUT2D eigenvalue weighted by molar-refractivity contribution is 4.88. The third-order valence-electron chi connectivity index (χ3n) is 2.68. The summed E-state index contributed by atoms with van der Waals surface area (Å²) in [6, 6.07) is 0.438. The molecule has 12 heavy (non-hydrogen) atoms. The number of alkyl halides is 1. The van der Waals surface area contributed by atoms with Crippen molar-refractivity contribution in [2.45, 2.75) is 51.5 Å². The number of piperidine rings is 1. The van der Waals surface area contributed by atoms with Gasteiger partial charge in [-0.05, 0) is 27.2 Å².